The molecule has 0 spiro atoms. The summed E-state index contributed by atoms with van der Waals surface area (Å²) in [5, 5.41) is 16.9. The molecule has 128 valence electrons. The maximum absolute atomic E-state index is 12.0. The summed E-state index contributed by atoms with van der Waals surface area (Å²) in [7, 11) is 1.55. The monoisotopic (exact) mass is 332 g/mol. The number of methoxy groups -OCH3 is 1. The molecule has 0 saturated carbocycles. The zero-order chi connectivity index (χ0) is 17.8. The van der Waals surface area contributed by atoms with E-state index >= 15 is 0 Å². The highest BCUT2D eigenvalue weighted by Gasteiger charge is 2.09. The first-order valence-electron chi connectivity index (χ1n) is 7.30. The van der Waals surface area contributed by atoms with Crippen molar-refractivity contribution in [1.29, 1.82) is 5.26 Å². The van der Waals surface area contributed by atoms with Crippen molar-refractivity contribution in [3.05, 3.63) is 36.0 Å². The van der Waals surface area contributed by atoms with Gasteiger partial charge in [0, 0.05) is 25.0 Å². The number of nitrogens with zero attached hydrogens (tertiary/aromatic N) is 1. The maximum Gasteiger partial charge on any atom is 0.407 e. The summed E-state index contributed by atoms with van der Waals surface area (Å²) in [6.07, 6.45) is 0.784. The number of benzene rings is 1. The van der Waals surface area contributed by atoms with Gasteiger partial charge in [-0.15, -0.1) is 0 Å². The van der Waals surface area contributed by atoms with Gasteiger partial charge in [0.2, 0.25) is 0 Å². The highest BCUT2D eigenvalue weighted by Crippen LogP contribution is 2.15. The van der Waals surface area contributed by atoms with E-state index in [1.807, 2.05) is 6.07 Å². The van der Waals surface area contributed by atoms with Crippen molar-refractivity contribution in [2.75, 3.05) is 32.1 Å². The van der Waals surface area contributed by atoms with E-state index in [2.05, 4.69) is 16.0 Å². The van der Waals surface area contributed by atoms with Crippen LogP contribution in [0.25, 0.3) is 0 Å². The van der Waals surface area contributed by atoms with Crippen molar-refractivity contribution in [3.63, 3.8) is 0 Å². The highest BCUT2D eigenvalue weighted by atomic mass is 16.5. The predicted octanol–water partition coefficient (Wildman–Crippen LogP) is 1.38. The van der Waals surface area contributed by atoms with E-state index in [0.717, 1.165) is 0 Å². The van der Waals surface area contributed by atoms with Crippen LogP contribution in [-0.2, 0) is 9.53 Å². The fourth-order valence-corrected chi connectivity index (χ4v) is 1.61. The molecular weight excluding hydrogens is 312 g/mol. The molecular formula is C16H20N4O4. The number of nitriles is 1. The molecule has 0 aliphatic rings. The first-order valence-corrected chi connectivity index (χ1v) is 7.30. The molecule has 0 fully saturated rings. The van der Waals surface area contributed by atoms with E-state index in [0.29, 0.717) is 31.1 Å². The molecule has 2 amide bonds. The molecule has 0 unspecified atom stereocenters. The van der Waals surface area contributed by atoms with Gasteiger partial charge < -0.3 is 25.4 Å². The van der Waals surface area contributed by atoms with Crippen LogP contribution < -0.4 is 20.7 Å². The van der Waals surface area contributed by atoms with Gasteiger partial charge in [0.15, 0.2) is 0 Å². The van der Waals surface area contributed by atoms with Gasteiger partial charge in [-0.1, -0.05) is 0 Å². The lowest BCUT2D eigenvalue weighted by Gasteiger charge is -2.07. The minimum atomic E-state index is -0.534. The molecule has 0 saturated heterocycles. The average molecular weight is 332 g/mol. The number of hydrogen-bond acceptors (Lipinski definition) is 6. The Morgan fingerprint density at radius 2 is 1.96 bits per heavy atom. The van der Waals surface area contributed by atoms with Gasteiger partial charge in [-0.05, 0) is 31.2 Å². The molecule has 0 heterocycles. The van der Waals surface area contributed by atoms with Crippen molar-refractivity contribution >= 4 is 17.7 Å². The van der Waals surface area contributed by atoms with Gasteiger partial charge in [0.25, 0.3) is 5.91 Å². The van der Waals surface area contributed by atoms with Crippen LogP contribution in [0.4, 0.5) is 10.5 Å². The molecule has 1 rings (SSSR count). The molecule has 8 heteroatoms. The minimum absolute atomic E-state index is 0.0815. The number of rotatable bonds is 8. The summed E-state index contributed by atoms with van der Waals surface area (Å²) in [5.41, 5.74) is 0.466. The summed E-state index contributed by atoms with van der Waals surface area (Å²) in [6.45, 7) is 2.65. The molecule has 0 atom stereocenters. The van der Waals surface area contributed by atoms with Gasteiger partial charge in [-0.25, -0.2) is 4.79 Å². The topological polar surface area (TPSA) is 112 Å². The van der Waals surface area contributed by atoms with Crippen molar-refractivity contribution in [2.24, 2.45) is 0 Å². The molecule has 8 nitrogen and oxygen atoms in total. The second-order valence-corrected chi connectivity index (χ2v) is 4.45. The fourth-order valence-electron chi connectivity index (χ4n) is 1.61. The Morgan fingerprint density at radius 3 is 2.54 bits per heavy atom. The van der Waals surface area contributed by atoms with Crippen LogP contribution in [0.3, 0.4) is 0 Å². The number of alkyl carbamates (subject to hydrolysis) is 1. The normalized spacial score (nSPS) is 10.3. The molecule has 0 bridgehead atoms. The quantitative estimate of drug-likeness (QED) is 0.376. The molecule has 0 aromatic heterocycles. The first-order chi connectivity index (χ1) is 11.6. The molecule has 0 radical (unpaired) electrons. The van der Waals surface area contributed by atoms with Crippen LogP contribution in [0.2, 0.25) is 0 Å². The van der Waals surface area contributed by atoms with Gasteiger partial charge in [0.1, 0.15) is 17.4 Å². The standard InChI is InChI=1S/C16H20N4O4/c1-3-24-16(22)19-9-8-18-11-12(10-17)15(21)20-13-4-6-14(23-2)7-5-13/h4-7,11,18H,3,8-9H2,1-2H3,(H,19,22)(H,20,21)/b12-11-. The number of hydrogen-bond donors (Lipinski definition) is 3. The Kier molecular flexibility index (Phi) is 8.25. The van der Waals surface area contributed by atoms with Crippen molar-refractivity contribution < 1.29 is 19.1 Å². The third-order valence-electron chi connectivity index (χ3n) is 2.77. The Balaban J connectivity index is 2.44. The Morgan fingerprint density at radius 1 is 1.25 bits per heavy atom. The number of nitrogens with one attached hydrogen (secondary N) is 3. The van der Waals surface area contributed by atoms with E-state index in [9.17, 15) is 9.59 Å². The van der Waals surface area contributed by atoms with Crippen LogP contribution in [-0.4, -0.2) is 38.8 Å². The number of anilines is 1. The van der Waals surface area contributed by atoms with E-state index in [-0.39, 0.29) is 5.57 Å². The summed E-state index contributed by atoms with van der Waals surface area (Å²) in [5.74, 6) is 0.133. The zero-order valence-corrected chi connectivity index (χ0v) is 13.6. The number of carbonyl (C=O) groups is 2. The number of carbonyl (C=O) groups excluding carboxylic acids is 2. The summed E-state index contributed by atoms with van der Waals surface area (Å²) < 4.78 is 9.72. The smallest absolute Gasteiger partial charge is 0.407 e. The summed E-state index contributed by atoms with van der Waals surface area (Å²) >= 11 is 0. The van der Waals surface area contributed by atoms with E-state index in [4.69, 9.17) is 14.7 Å². The predicted molar refractivity (Wildman–Crippen MR) is 88.3 cm³/mol. The zero-order valence-electron chi connectivity index (χ0n) is 13.6. The molecule has 1 aromatic rings. The summed E-state index contributed by atoms with van der Waals surface area (Å²) in [6, 6.07) is 8.55. The van der Waals surface area contributed by atoms with Crippen molar-refractivity contribution in [1.82, 2.24) is 10.6 Å². The van der Waals surface area contributed by atoms with E-state index in [1.54, 1.807) is 38.3 Å². The Hall–Kier alpha value is -3.21. The number of amides is 2. The second-order valence-electron chi connectivity index (χ2n) is 4.45. The maximum atomic E-state index is 12.0. The van der Waals surface area contributed by atoms with Crippen molar-refractivity contribution in [2.45, 2.75) is 6.92 Å². The fraction of sp³-hybridized carbons (Fsp3) is 0.312. The molecule has 3 N–H and O–H groups in total. The van der Waals surface area contributed by atoms with Crippen LogP contribution in [0.5, 0.6) is 5.75 Å². The van der Waals surface area contributed by atoms with Crippen LogP contribution in [0.1, 0.15) is 6.92 Å². The highest BCUT2D eigenvalue weighted by molar-refractivity contribution is 6.06. The number of ether oxygens (including phenoxy) is 2. The summed E-state index contributed by atoms with van der Waals surface area (Å²) in [4.78, 5) is 23.0. The Labute approximate surface area is 140 Å². The van der Waals surface area contributed by atoms with Crippen LogP contribution in [0, 0.1) is 11.3 Å². The van der Waals surface area contributed by atoms with E-state index < -0.39 is 12.0 Å². The third kappa shape index (κ3) is 6.70. The first kappa shape index (κ1) is 18.8. The molecule has 24 heavy (non-hydrogen) atoms. The van der Waals surface area contributed by atoms with Crippen molar-refractivity contribution in [3.8, 4) is 11.8 Å². The molecule has 0 aliphatic carbocycles. The Bertz CT molecular complexity index is 620. The largest absolute Gasteiger partial charge is 0.497 e. The van der Waals surface area contributed by atoms with Gasteiger partial charge >= 0.3 is 6.09 Å². The average Bonchev–Trinajstić information content (AvgIpc) is 2.59. The third-order valence-corrected chi connectivity index (χ3v) is 2.77. The minimum Gasteiger partial charge on any atom is -0.497 e. The lowest BCUT2D eigenvalue weighted by Crippen LogP contribution is -2.31. The lowest BCUT2D eigenvalue weighted by molar-refractivity contribution is -0.112. The lowest BCUT2D eigenvalue weighted by atomic mass is 10.2. The van der Waals surface area contributed by atoms with Crippen LogP contribution in [0.15, 0.2) is 36.0 Å². The SMILES string of the molecule is CCOC(=O)NCCN/C=C(/C#N)C(=O)Nc1ccc(OC)cc1. The van der Waals surface area contributed by atoms with Gasteiger partial charge in [0.05, 0.1) is 13.7 Å². The molecule has 0 aliphatic heterocycles. The second kappa shape index (κ2) is 10.5. The van der Waals surface area contributed by atoms with Gasteiger partial charge in [-0.3, -0.25) is 4.79 Å². The van der Waals surface area contributed by atoms with E-state index in [1.165, 1.54) is 6.20 Å². The van der Waals surface area contributed by atoms with Gasteiger partial charge in [-0.2, -0.15) is 5.26 Å². The van der Waals surface area contributed by atoms with Crippen LogP contribution >= 0.6 is 0 Å². The molecule has 1 aromatic carbocycles.